The van der Waals surface area contributed by atoms with Crippen LogP contribution in [0.4, 0.5) is 10.1 Å². The minimum Gasteiger partial charge on any atom is -0.309 e. The van der Waals surface area contributed by atoms with Crippen molar-refractivity contribution in [1.29, 1.82) is 0 Å². The first-order chi connectivity index (χ1) is 13.4. The van der Waals surface area contributed by atoms with E-state index in [4.69, 9.17) is 0 Å². The standard InChI is InChI=1S/C24H31FN2O/c1-18(2)15-24(28)27(22-9-7-21(25)8-10-22)23-11-13-26(14-12-23)17-20-6-4-5-19(3)16-20/h4-10,16,18,23H,11-15,17H2,1-3H3. The van der Waals surface area contributed by atoms with Gasteiger partial charge in [0, 0.05) is 37.8 Å². The molecule has 0 bridgehead atoms. The average molecular weight is 383 g/mol. The molecule has 150 valence electrons. The van der Waals surface area contributed by atoms with Gasteiger partial charge in [-0.25, -0.2) is 4.39 Å². The fourth-order valence-electron chi connectivity index (χ4n) is 4.01. The van der Waals surface area contributed by atoms with Crippen LogP contribution in [0.2, 0.25) is 0 Å². The summed E-state index contributed by atoms with van der Waals surface area (Å²) in [6.07, 6.45) is 2.39. The highest BCUT2D eigenvalue weighted by molar-refractivity contribution is 5.94. The van der Waals surface area contributed by atoms with Crippen molar-refractivity contribution in [2.45, 2.75) is 52.6 Å². The van der Waals surface area contributed by atoms with E-state index >= 15 is 0 Å². The Kier molecular flexibility index (Phi) is 6.84. The molecule has 3 rings (SSSR count). The molecule has 0 atom stereocenters. The second kappa shape index (κ2) is 9.33. The Bertz CT molecular complexity index is 779. The van der Waals surface area contributed by atoms with Crippen LogP contribution >= 0.6 is 0 Å². The van der Waals surface area contributed by atoms with E-state index in [0.29, 0.717) is 12.3 Å². The van der Waals surface area contributed by atoms with Gasteiger partial charge in [-0.15, -0.1) is 0 Å². The Morgan fingerprint density at radius 3 is 2.43 bits per heavy atom. The second-order valence-corrected chi connectivity index (χ2v) is 8.33. The van der Waals surface area contributed by atoms with E-state index < -0.39 is 0 Å². The van der Waals surface area contributed by atoms with Crippen LogP contribution in [0.3, 0.4) is 0 Å². The summed E-state index contributed by atoms with van der Waals surface area (Å²) in [5, 5.41) is 0. The van der Waals surface area contributed by atoms with Crippen LogP contribution in [-0.4, -0.2) is 29.9 Å². The molecule has 0 N–H and O–H groups in total. The third-order valence-electron chi connectivity index (χ3n) is 5.37. The number of hydrogen-bond donors (Lipinski definition) is 0. The molecule has 1 aliphatic heterocycles. The molecule has 0 aliphatic carbocycles. The van der Waals surface area contributed by atoms with E-state index in [-0.39, 0.29) is 17.8 Å². The number of aryl methyl sites for hydroxylation is 1. The molecular weight excluding hydrogens is 351 g/mol. The van der Waals surface area contributed by atoms with Crippen LogP contribution in [0, 0.1) is 18.7 Å². The monoisotopic (exact) mass is 382 g/mol. The first kappa shape index (κ1) is 20.5. The van der Waals surface area contributed by atoms with Crippen molar-refractivity contribution in [2.75, 3.05) is 18.0 Å². The summed E-state index contributed by atoms with van der Waals surface area (Å²) in [6, 6.07) is 15.2. The highest BCUT2D eigenvalue weighted by atomic mass is 19.1. The Labute approximate surface area is 168 Å². The lowest BCUT2D eigenvalue weighted by Gasteiger charge is -2.39. The molecule has 1 heterocycles. The molecule has 0 radical (unpaired) electrons. The predicted molar refractivity (Wildman–Crippen MR) is 113 cm³/mol. The molecule has 0 saturated carbocycles. The van der Waals surface area contributed by atoms with Crippen LogP contribution in [0.15, 0.2) is 48.5 Å². The zero-order chi connectivity index (χ0) is 20.1. The molecule has 3 nitrogen and oxygen atoms in total. The number of nitrogens with zero attached hydrogens (tertiary/aromatic N) is 2. The van der Waals surface area contributed by atoms with Gasteiger partial charge in [0.25, 0.3) is 0 Å². The zero-order valence-electron chi connectivity index (χ0n) is 17.2. The highest BCUT2D eigenvalue weighted by Gasteiger charge is 2.29. The van der Waals surface area contributed by atoms with E-state index in [9.17, 15) is 9.18 Å². The van der Waals surface area contributed by atoms with Crippen LogP contribution in [-0.2, 0) is 11.3 Å². The summed E-state index contributed by atoms with van der Waals surface area (Å²) in [4.78, 5) is 17.3. The summed E-state index contributed by atoms with van der Waals surface area (Å²) < 4.78 is 13.4. The Hall–Kier alpha value is -2.20. The van der Waals surface area contributed by atoms with Gasteiger partial charge in [0.15, 0.2) is 0 Å². The van der Waals surface area contributed by atoms with Crippen molar-refractivity contribution in [3.63, 3.8) is 0 Å². The summed E-state index contributed by atoms with van der Waals surface area (Å²) in [7, 11) is 0. The van der Waals surface area contributed by atoms with Gasteiger partial charge in [-0.3, -0.25) is 9.69 Å². The van der Waals surface area contributed by atoms with Crippen molar-refractivity contribution < 1.29 is 9.18 Å². The lowest BCUT2D eigenvalue weighted by molar-refractivity contribution is -0.120. The quantitative estimate of drug-likeness (QED) is 0.687. The fourth-order valence-corrected chi connectivity index (χ4v) is 4.01. The maximum absolute atomic E-state index is 13.4. The van der Waals surface area contributed by atoms with Crippen molar-refractivity contribution in [1.82, 2.24) is 4.90 Å². The lowest BCUT2D eigenvalue weighted by atomic mass is 9.99. The molecule has 4 heteroatoms. The molecule has 1 aliphatic rings. The average Bonchev–Trinajstić information content (AvgIpc) is 2.64. The summed E-state index contributed by atoms with van der Waals surface area (Å²) in [6.45, 7) is 9.12. The second-order valence-electron chi connectivity index (χ2n) is 8.33. The van der Waals surface area contributed by atoms with Gasteiger partial charge in [-0.1, -0.05) is 43.7 Å². The molecule has 2 aromatic carbocycles. The molecule has 28 heavy (non-hydrogen) atoms. The minimum absolute atomic E-state index is 0.138. The molecule has 1 saturated heterocycles. The number of rotatable bonds is 6. The number of likely N-dealkylation sites (tertiary alicyclic amines) is 1. The van der Waals surface area contributed by atoms with E-state index in [1.165, 1.54) is 23.3 Å². The van der Waals surface area contributed by atoms with Gasteiger partial charge < -0.3 is 4.90 Å². The minimum atomic E-state index is -0.270. The van der Waals surface area contributed by atoms with Crippen molar-refractivity contribution in [3.05, 3.63) is 65.5 Å². The van der Waals surface area contributed by atoms with Crippen LogP contribution in [0.1, 0.15) is 44.2 Å². The third kappa shape index (κ3) is 5.41. The number of anilines is 1. The number of carbonyl (C=O) groups excluding carboxylic acids is 1. The Morgan fingerprint density at radius 2 is 1.82 bits per heavy atom. The van der Waals surface area contributed by atoms with Gasteiger partial charge in [-0.2, -0.15) is 0 Å². The van der Waals surface area contributed by atoms with E-state index in [2.05, 4.69) is 49.9 Å². The lowest BCUT2D eigenvalue weighted by Crippen LogP contribution is -2.47. The molecule has 0 spiro atoms. The molecule has 0 aromatic heterocycles. The number of halogens is 1. The van der Waals surface area contributed by atoms with Crippen molar-refractivity contribution in [3.8, 4) is 0 Å². The van der Waals surface area contributed by atoms with Crippen LogP contribution < -0.4 is 4.90 Å². The summed E-state index contributed by atoms with van der Waals surface area (Å²) >= 11 is 0. The smallest absolute Gasteiger partial charge is 0.227 e. The number of benzene rings is 2. The van der Waals surface area contributed by atoms with Crippen molar-refractivity contribution in [2.24, 2.45) is 5.92 Å². The molecule has 2 aromatic rings. The summed E-state index contributed by atoms with van der Waals surface area (Å²) in [5.41, 5.74) is 3.43. The van der Waals surface area contributed by atoms with Crippen LogP contribution in [0.5, 0.6) is 0 Å². The molecular formula is C24H31FN2O. The molecule has 1 fully saturated rings. The number of piperidine rings is 1. The number of hydrogen-bond acceptors (Lipinski definition) is 2. The zero-order valence-corrected chi connectivity index (χ0v) is 17.2. The summed E-state index contributed by atoms with van der Waals surface area (Å²) in [5.74, 6) is 0.170. The van der Waals surface area contributed by atoms with Gasteiger partial charge in [-0.05, 0) is 55.5 Å². The topological polar surface area (TPSA) is 23.6 Å². The Balaban J connectivity index is 1.68. The number of carbonyl (C=O) groups is 1. The SMILES string of the molecule is Cc1cccc(CN2CCC(N(C(=O)CC(C)C)c3ccc(F)cc3)CC2)c1. The molecule has 0 unspecified atom stereocenters. The van der Waals surface area contributed by atoms with E-state index in [1.807, 2.05) is 4.90 Å². The number of amides is 1. The van der Waals surface area contributed by atoms with Crippen molar-refractivity contribution >= 4 is 11.6 Å². The largest absolute Gasteiger partial charge is 0.309 e. The normalized spacial score (nSPS) is 15.8. The highest BCUT2D eigenvalue weighted by Crippen LogP contribution is 2.26. The first-order valence-corrected chi connectivity index (χ1v) is 10.3. The van der Waals surface area contributed by atoms with E-state index in [0.717, 1.165) is 38.2 Å². The Morgan fingerprint density at radius 1 is 1.14 bits per heavy atom. The van der Waals surface area contributed by atoms with Gasteiger partial charge >= 0.3 is 0 Å². The fraction of sp³-hybridized carbons (Fsp3) is 0.458. The van der Waals surface area contributed by atoms with Gasteiger partial charge in [0.05, 0.1) is 0 Å². The maximum atomic E-state index is 13.4. The van der Waals surface area contributed by atoms with Gasteiger partial charge in [0.1, 0.15) is 5.82 Å². The van der Waals surface area contributed by atoms with E-state index in [1.54, 1.807) is 12.1 Å². The third-order valence-corrected chi connectivity index (χ3v) is 5.37. The van der Waals surface area contributed by atoms with Crippen LogP contribution in [0.25, 0.3) is 0 Å². The molecule has 1 amide bonds. The first-order valence-electron chi connectivity index (χ1n) is 10.3. The predicted octanol–water partition coefficient (Wildman–Crippen LogP) is 5.18. The maximum Gasteiger partial charge on any atom is 0.227 e. The van der Waals surface area contributed by atoms with Gasteiger partial charge in [0.2, 0.25) is 5.91 Å².